The van der Waals surface area contributed by atoms with Crippen LogP contribution in [0.15, 0.2) is 165 Å². The number of nitrogens with zero attached hydrogens (tertiary/aromatic N) is 10. The lowest BCUT2D eigenvalue weighted by atomic mass is 10.0. The van der Waals surface area contributed by atoms with Crippen LogP contribution in [0, 0.1) is 20.2 Å². The molecule has 2 aromatic heterocycles. The third-order valence-corrected chi connectivity index (χ3v) is 16.1. The lowest BCUT2D eigenvalue weighted by molar-refractivity contribution is -0.385. The van der Waals surface area contributed by atoms with E-state index in [-0.39, 0.29) is 45.1 Å². The first-order valence-corrected chi connectivity index (χ1v) is 32.1. The maximum Gasteiger partial charge on any atom is 0.335 e. The number of carbonyl (C=O) groups is 6. The van der Waals surface area contributed by atoms with Crippen molar-refractivity contribution in [3.8, 4) is 0 Å². The number of halogens is 1. The van der Waals surface area contributed by atoms with Gasteiger partial charge in [-0.3, -0.25) is 34.6 Å². The number of aromatic nitrogens is 4. The monoisotopic (exact) mass is 1410 g/mol. The zero-order valence-electron chi connectivity index (χ0n) is 59.1. The molecule has 10 rings (SSSR count). The second-order valence-corrected chi connectivity index (χ2v) is 23.8. The lowest BCUT2D eigenvalue weighted by Crippen LogP contribution is -2.22. The van der Waals surface area contributed by atoms with E-state index < -0.39 is 33.4 Å². The molecule has 534 valence electrons. The Bertz CT molecular complexity index is 4740. The number of nitro groups is 2. The Hall–Kier alpha value is -12.5. The van der Waals surface area contributed by atoms with Crippen molar-refractivity contribution in [2.75, 3.05) is 71.0 Å². The maximum atomic E-state index is 12.3. The molecule has 0 atom stereocenters. The number of carbonyl (C=O) groups excluding carboxylic acids is 3. The number of carboxylic acid groups (broad SMARTS) is 3. The summed E-state index contributed by atoms with van der Waals surface area (Å²) in [5.41, 5.74) is 26.9. The molecule has 2 heterocycles. The van der Waals surface area contributed by atoms with Crippen LogP contribution in [0.2, 0.25) is 5.02 Å². The van der Waals surface area contributed by atoms with Crippen molar-refractivity contribution in [3.05, 3.63) is 251 Å². The number of aryl methyl sites for hydroxylation is 6. The second kappa shape index (κ2) is 36.9. The van der Waals surface area contributed by atoms with Crippen LogP contribution in [-0.4, -0.2) is 144 Å². The molecule has 0 bridgehead atoms. The van der Waals surface area contributed by atoms with Crippen molar-refractivity contribution in [3.63, 3.8) is 0 Å². The molecule has 3 amide bonds. The van der Waals surface area contributed by atoms with Gasteiger partial charge in [-0.1, -0.05) is 76.2 Å². The summed E-state index contributed by atoms with van der Waals surface area (Å²) in [6, 6.07) is 41.3. The number of imidazole rings is 2. The average Bonchev–Trinajstić information content (AvgIpc) is 1.49. The minimum atomic E-state index is -1.22. The van der Waals surface area contributed by atoms with E-state index in [1.165, 1.54) is 47.5 Å². The van der Waals surface area contributed by atoms with E-state index in [1.807, 2.05) is 124 Å². The molecule has 8 aromatic carbocycles. The lowest BCUT2D eigenvalue weighted by Gasteiger charge is -2.24. The summed E-state index contributed by atoms with van der Waals surface area (Å²) >= 11 is 5.46. The first-order valence-electron chi connectivity index (χ1n) is 31.8. The third-order valence-electron chi connectivity index (χ3n) is 15.8. The number of hydrogen-bond donors (Lipinski definition) is 6. The molecule has 10 aromatic rings. The molecule has 8 N–H and O–H groups in total. The molecule has 26 nitrogen and oxygen atoms in total. The summed E-state index contributed by atoms with van der Waals surface area (Å²) in [4.78, 5) is 103. The summed E-state index contributed by atoms with van der Waals surface area (Å²) in [5.74, 6) is -3.35. The number of rotatable bonds is 17. The molecule has 0 spiro atoms. The molecular weight excluding hydrogens is 1330 g/mol. The zero-order valence-corrected chi connectivity index (χ0v) is 59.8. The first kappa shape index (κ1) is 80.2. The van der Waals surface area contributed by atoms with Crippen LogP contribution in [0.1, 0.15) is 118 Å². The van der Waals surface area contributed by atoms with Crippen LogP contribution in [-0.2, 0) is 39.8 Å². The first-order chi connectivity index (χ1) is 48.2. The Labute approximate surface area is 595 Å². The van der Waals surface area contributed by atoms with Gasteiger partial charge in [-0.05, 0) is 157 Å². The van der Waals surface area contributed by atoms with Crippen LogP contribution in [0.25, 0.3) is 28.1 Å². The van der Waals surface area contributed by atoms with Crippen molar-refractivity contribution < 1.29 is 53.9 Å². The average molecular weight is 1410 g/mol. The molecular formula is C75H84ClN13O13. The van der Waals surface area contributed by atoms with Gasteiger partial charge < -0.3 is 60.8 Å². The molecule has 0 fully saturated rings. The van der Waals surface area contributed by atoms with Gasteiger partial charge in [0.05, 0.1) is 66.8 Å². The van der Waals surface area contributed by atoms with Crippen LogP contribution in [0.4, 0.5) is 45.5 Å². The molecule has 102 heavy (non-hydrogen) atoms. The van der Waals surface area contributed by atoms with Gasteiger partial charge in [-0.15, -0.1) is 0 Å². The number of nitrogens with one attached hydrogen (secondary N) is 1. The van der Waals surface area contributed by atoms with Crippen LogP contribution < -0.4 is 21.7 Å². The predicted molar refractivity (Wildman–Crippen MR) is 401 cm³/mol. The number of fused-ring (bicyclic) bond motifs is 2. The fourth-order valence-electron chi connectivity index (χ4n) is 9.93. The van der Waals surface area contributed by atoms with Gasteiger partial charge in [-0.2, -0.15) is 0 Å². The Morgan fingerprint density at radius 3 is 1.35 bits per heavy atom. The predicted octanol–water partition coefficient (Wildman–Crippen LogP) is 14.1. The topological polar surface area (TPSA) is 362 Å². The fraction of sp³-hybridized carbons (Fsp3) is 0.227. The maximum absolute atomic E-state index is 12.3. The smallest absolute Gasteiger partial charge is 0.335 e. The van der Waals surface area contributed by atoms with Crippen LogP contribution in [0.3, 0.4) is 0 Å². The highest BCUT2D eigenvalue weighted by Crippen LogP contribution is 2.32. The van der Waals surface area contributed by atoms with E-state index in [4.69, 9.17) is 38.4 Å². The van der Waals surface area contributed by atoms with E-state index in [1.54, 1.807) is 75.2 Å². The number of nitro benzene ring substituents is 2. The quantitative estimate of drug-likeness (QED) is 0.0280. The number of hydrogen-bond acceptors (Lipinski definition) is 16. The number of nitrogens with two attached hydrogens (primary N) is 2. The van der Waals surface area contributed by atoms with Crippen molar-refractivity contribution in [1.82, 2.24) is 33.8 Å². The summed E-state index contributed by atoms with van der Waals surface area (Å²) in [6.45, 7) is 11.7. The minimum absolute atomic E-state index is 0.00258. The molecule has 0 radical (unpaired) electrons. The van der Waals surface area contributed by atoms with Gasteiger partial charge >= 0.3 is 17.9 Å². The molecule has 0 aliphatic heterocycles. The number of amides is 3. The van der Waals surface area contributed by atoms with E-state index in [0.717, 1.165) is 93.8 Å². The third kappa shape index (κ3) is 21.3. The normalized spacial score (nSPS) is 10.3. The summed E-state index contributed by atoms with van der Waals surface area (Å²) < 4.78 is 4.01. The van der Waals surface area contributed by atoms with E-state index in [9.17, 15) is 49.0 Å². The number of aromatic carboxylic acids is 3. The standard InChI is InChI=1S/C20H24N4O.C19H22N4O.C11H16N2O.C9H7NO4.C9H11NO2.C7H4ClNO4/c1-6-14-7-8-15(20(25)22(2)3)11-18(14)24(5)16-9-10-17-19(12-16)23(4)13-21-17;1-5-13-6-7-14(19(24)22(2)3)10-17(13)21-15-8-9-16-18(11-15)23(4)12-20-16;1-4-8-5-6-9(7-10(8)12)11(14)13(2)3;1-2-6-3-4-7(9(11)12)5-8(6)10(13)14;1-2-6-3-4-7(9(11)12)5-8(6)10;8-5-2-1-4(7(10)11)3-6(5)9(12)13/h7-13H,6H2,1-5H3;6-12,21H,5H2,1-4H3;5-7H,4,12H2,1-3H3;2-5H,1H2,(H,11,12);3-5H,2,10H2,1H3,(H,11,12);1-3H,(H,10,11). The number of anilines is 6. The summed E-state index contributed by atoms with van der Waals surface area (Å²) in [6.07, 6.45) is 8.46. The fourth-order valence-corrected chi connectivity index (χ4v) is 10.1. The van der Waals surface area contributed by atoms with E-state index in [2.05, 4.69) is 58.8 Å². The van der Waals surface area contributed by atoms with E-state index >= 15 is 0 Å². The van der Waals surface area contributed by atoms with Gasteiger partial charge in [0.25, 0.3) is 29.1 Å². The molecule has 0 aliphatic rings. The molecule has 0 saturated carbocycles. The zero-order chi connectivity index (χ0) is 76.0. The summed E-state index contributed by atoms with van der Waals surface area (Å²) in [5, 5.41) is 50.0. The molecule has 0 unspecified atom stereocenters. The second-order valence-electron chi connectivity index (χ2n) is 23.4. The van der Waals surface area contributed by atoms with Gasteiger partial charge in [0.15, 0.2) is 0 Å². The van der Waals surface area contributed by atoms with Crippen LogP contribution >= 0.6 is 11.6 Å². The summed E-state index contributed by atoms with van der Waals surface area (Å²) in [7, 11) is 16.5. The highest BCUT2D eigenvalue weighted by molar-refractivity contribution is 6.32. The van der Waals surface area contributed by atoms with Crippen molar-refractivity contribution >= 4 is 121 Å². The van der Waals surface area contributed by atoms with Crippen molar-refractivity contribution in [2.24, 2.45) is 14.1 Å². The van der Waals surface area contributed by atoms with Gasteiger partial charge in [0.2, 0.25) is 0 Å². The molecule has 0 aliphatic carbocycles. The molecule has 0 saturated heterocycles. The number of carboxylic acids is 3. The van der Waals surface area contributed by atoms with Crippen molar-refractivity contribution in [2.45, 2.75) is 53.4 Å². The highest BCUT2D eigenvalue weighted by atomic mass is 35.5. The largest absolute Gasteiger partial charge is 0.478 e. The Balaban J connectivity index is 0.000000226. The van der Waals surface area contributed by atoms with Crippen molar-refractivity contribution in [1.29, 1.82) is 0 Å². The minimum Gasteiger partial charge on any atom is -0.478 e. The van der Waals surface area contributed by atoms with E-state index in [0.29, 0.717) is 33.6 Å². The van der Waals surface area contributed by atoms with Gasteiger partial charge in [0, 0.05) is 126 Å². The van der Waals surface area contributed by atoms with Gasteiger partial charge in [-0.25, -0.2) is 24.4 Å². The highest BCUT2D eigenvalue weighted by Gasteiger charge is 2.19. The number of nitrogen functional groups attached to an aromatic ring is 2. The Morgan fingerprint density at radius 2 is 0.902 bits per heavy atom. The SMILES string of the molecule is C=Cc1ccc(C(=O)O)cc1[N+](=O)[O-].CCc1ccc(C(=O)N(C)C)cc1N.CCc1ccc(C(=O)N(C)C)cc1N(C)c1ccc2ncn(C)c2c1.CCc1ccc(C(=O)N(C)C)cc1Nc1ccc2ncn(C)c2c1.CCc1ccc(C(=O)O)cc1N.O=C(O)c1ccc(Cl)c([N+](=O)[O-])c1. The van der Waals surface area contributed by atoms with Gasteiger partial charge in [0.1, 0.15) is 5.02 Å². The Kier molecular flexibility index (Phi) is 29.1. The van der Waals surface area contributed by atoms with Crippen LogP contribution in [0.5, 0.6) is 0 Å². The number of benzene rings is 8. The molecule has 27 heteroatoms. The Morgan fingerprint density at radius 1 is 0.510 bits per heavy atom.